The van der Waals surface area contributed by atoms with Gasteiger partial charge < -0.3 is 19.3 Å². The molecule has 6 heteroatoms. The summed E-state index contributed by atoms with van der Waals surface area (Å²) in [4.78, 5) is 18.8. The molecule has 0 bridgehead atoms. The van der Waals surface area contributed by atoms with Crippen LogP contribution in [0.2, 0.25) is 0 Å². The Morgan fingerprint density at radius 2 is 1.71 bits per heavy atom. The van der Waals surface area contributed by atoms with E-state index in [-0.39, 0.29) is 6.03 Å². The van der Waals surface area contributed by atoms with Crippen LogP contribution in [0.25, 0.3) is 0 Å². The van der Waals surface area contributed by atoms with Crippen LogP contribution >= 0.6 is 0 Å². The molecule has 0 aliphatic carbocycles. The summed E-state index contributed by atoms with van der Waals surface area (Å²) in [6, 6.07) is 8.35. The summed E-state index contributed by atoms with van der Waals surface area (Å²) in [5, 5.41) is 0. The predicted molar refractivity (Wildman–Crippen MR) is 92.5 cm³/mol. The van der Waals surface area contributed by atoms with Crippen molar-refractivity contribution in [2.24, 2.45) is 0 Å². The first kappa shape index (κ1) is 17.0. The van der Waals surface area contributed by atoms with Crippen molar-refractivity contribution in [3.63, 3.8) is 0 Å². The molecule has 0 spiro atoms. The zero-order valence-corrected chi connectivity index (χ0v) is 14.4. The fraction of sp³-hybridized carbons (Fsp3) is 0.611. The van der Waals surface area contributed by atoms with Gasteiger partial charge in [-0.25, -0.2) is 4.79 Å². The molecule has 24 heavy (non-hydrogen) atoms. The van der Waals surface area contributed by atoms with Crippen LogP contribution in [0, 0.1) is 0 Å². The van der Waals surface area contributed by atoms with E-state index in [9.17, 15) is 4.79 Å². The SMILES string of the molecule is COc1ccccc1CCN1CCN(C(=O)N2CCOCC2)CC1. The molecule has 2 aliphatic rings. The molecule has 2 fully saturated rings. The second kappa shape index (κ2) is 8.35. The zero-order valence-electron chi connectivity index (χ0n) is 14.4. The standard InChI is InChI=1S/C18H27N3O3/c1-23-17-5-3-2-4-16(17)6-7-19-8-10-20(11-9-19)18(22)21-12-14-24-15-13-21/h2-5H,6-15H2,1H3. The van der Waals surface area contributed by atoms with Gasteiger partial charge in [-0.3, -0.25) is 4.90 Å². The number of benzene rings is 1. The highest BCUT2D eigenvalue weighted by atomic mass is 16.5. The summed E-state index contributed by atoms with van der Waals surface area (Å²) in [7, 11) is 1.72. The van der Waals surface area contributed by atoms with Crippen LogP contribution in [0.5, 0.6) is 5.75 Å². The van der Waals surface area contributed by atoms with Gasteiger partial charge in [0.1, 0.15) is 5.75 Å². The van der Waals surface area contributed by atoms with Gasteiger partial charge in [0.25, 0.3) is 0 Å². The average Bonchev–Trinajstić information content (AvgIpc) is 2.67. The lowest BCUT2D eigenvalue weighted by molar-refractivity contribution is 0.0377. The number of hydrogen-bond donors (Lipinski definition) is 0. The van der Waals surface area contributed by atoms with Crippen molar-refractivity contribution in [3.8, 4) is 5.75 Å². The molecule has 0 aromatic heterocycles. The molecule has 0 unspecified atom stereocenters. The minimum atomic E-state index is 0.169. The Kier molecular flexibility index (Phi) is 5.93. The van der Waals surface area contributed by atoms with Gasteiger partial charge in [-0.1, -0.05) is 18.2 Å². The van der Waals surface area contributed by atoms with Crippen molar-refractivity contribution in [1.82, 2.24) is 14.7 Å². The van der Waals surface area contributed by atoms with E-state index in [0.29, 0.717) is 26.3 Å². The summed E-state index contributed by atoms with van der Waals surface area (Å²) in [6.45, 7) is 7.23. The van der Waals surface area contributed by atoms with Gasteiger partial charge in [0, 0.05) is 45.8 Å². The number of hydrogen-bond acceptors (Lipinski definition) is 4. The molecule has 3 rings (SSSR count). The molecule has 1 aromatic rings. The maximum absolute atomic E-state index is 12.5. The van der Waals surface area contributed by atoms with Crippen LogP contribution < -0.4 is 4.74 Å². The Bertz CT molecular complexity index is 538. The number of ether oxygens (including phenoxy) is 2. The first-order valence-electron chi connectivity index (χ1n) is 8.74. The van der Waals surface area contributed by atoms with Gasteiger partial charge in [-0.05, 0) is 18.1 Å². The van der Waals surface area contributed by atoms with Gasteiger partial charge >= 0.3 is 6.03 Å². The summed E-state index contributed by atoms with van der Waals surface area (Å²) in [6.07, 6.45) is 0.974. The van der Waals surface area contributed by atoms with E-state index in [0.717, 1.165) is 44.9 Å². The van der Waals surface area contributed by atoms with Crippen LogP contribution in [-0.4, -0.2) is 86.9 Å². The minimum Gasteiger partial charge on any atom is -0.496 e. The van der Waals surface area contributed by atoms with Crippen LogP contribution in [0.1, 0.15) is 5.56 Å². The third kappa shape index (κ3) is 4.19. The number of amides is 2. The molecule has 0 atom stereocenters. The normalized spacial score (nSPS) is 19.4. The Hall–Kier alpha value is -1.79. The highest BCUT2D eigenvalue weighted by molar-refractivity contribution is 5.74. The molecule has 2 aliphatic heterocycles. The second-order valence-electron chi connectivity index (χ2n) is 6.27. The van der Waals surface area contributed by atoms with Gasteiger partial charge in [0.15, 0.2) is 0 Å². The summed E-state index contributed by atoms with van der Waals surface area (Å²) < 4.78 is 10.7. The van der Waals surface area contributed by atoms with Crippen molar-refractivity contribution in [3.05, 3.63) is 29.8 Å². The minimum absolute atomic E-state index is 0.169. The predicted octanol–water partition coefficient (Wildman–Crippen LogP) is 1.31. The lowest BCUT2D eigenvalue weighted by Gasteiger charge is -2.38. The number of nitrogens with zero attached hydrogens (tertiary/aromatic N) is 3. The van der Waals surface area contributed by atoms with E-state index in [1.165, 1.54) is 5.56 Å². The van der Waals surface area contributed by atoms with Crippen molar-refractivity contribution in [2.75, 3.05) is 66.1 Å². The number of para-hydroxylation sites is 1. The van der Waals surface area contributed by atoms with Crippen LogP contribution in [-0.2, 0) is 11.2 Å². The number of carbonyl (C=O) groups is 1. The molecule has 132 valence electrons. The van der Waals surface area contributed by atoms with Crippen molar-refractivity contribution in [1.29, 1.82) is 0 Å². The molecule has 0 N–H and O–H groups in total. The molecule has 2 heterocycles. The van der Waals surface area contributed by atoms with Gasteiger partial charge in [0.2, 0.25) is 0 Å². The van der Waals surface area contributed by atoms with Crippen LogP contribution in [0.4, 0.5) is 4.79 Å². The Balaban J connectivity index is 1.44. The fourth-order valence-corrected chi connectivity index (χ4v) is 3.31. The molecule has 2 amide bonds. The number of morpholine rings is 1. The zero-order chi connectivity index (χ0) is 16.8. The lowest BCUT2D eigenvalue weighted by Crippen LogP contribution is -2.54. The number of urea groups is 1. The topological polar surface area (TPSA) is 45.2 Å². The van der Waals surface area contributed by atoms with E-state index in [2.05, 4.69) is 17.0 Å². The maximum Gasteiger partial charge on any atom is 0.320 e. The largest absolute Gasteiger partial charge is 0.496 e. The van der Waals surface area contributed by atoms with Crippen LogP contribution in [0.15, 0.2) is 24.3 Å². The molecular formula is C18H27N3O3. The first-order chi connectivity index (χ1) is 11.8. The summed E-state index contributed by atoms with van der Waals surface area (Å²) in [5.74, 6) is 0.957. The lowest BCUT2D eigenvalue weighted by atomic mass is 10.1. The molecule has 0 saturated carbocycles. The molecule has 2 saturated heterocycles. The average molecular weight is 333 g/mol. The number of carbonyl (C=O) groups excluding carboxylic acids is 1. The molecule has 1 aromatic carbocycles. The third-order valence-electron chi connectivity index (χ3n) is 4.81. The van der Waals surface area contributed by atoms with Gasteiger partial charge in [0.05, 0.1) is 20.3 Å². The van der Waals surface area contributed by atoms with E-state index < -0.39 is 0 Å². The second-order valence-corrected chi connectivity index (χ2v) is 6.27. The van der Waals surface area contributed by atoms with E-state index in [4.69, 9.17) is 9.47 Å². The highest BCUT2D eigenvalue weighted by Crippen LogP contribution is 2.18. The number of methoxy groups -OCH3 is 1. The summed E-state index contributed by atoms with van der Waals surface area (Å²) in [5.41, 5.74) is 1.24. The van der Waals surface area contributed by atoms with E-state index in [1.54, 1.807) is 7.11 Å². The highest BCUT2D eigenvalue weighted by Gasteiger charge is 2.26. The summed E-state index contributed by atoms with van der Waals surface area (Å²) >= 11 is 0. The fourth-order valence-electron chi connectivity index (χ4n) is 3.31. The first-order valence-corrected chi connectivity index (χ1v) is 8.74. The Morgan fingerprint density at radius 1 is 1.04 bits per heavy atom. The molecule has 6 nitrogen and oxygen atoms in total. The molecular weight excluding hydrogens is 306 g/mol. The Labute approximate surface area is 143 Å². The van der Waals surface area contributed by atoms with E-state index >= 15 is 0 Å². The van der Waals surface area contributed by atoms with Gasteiger partial charge in [-0.2, -0.15) is 0 Å². The number of rotatable bonds is 4. The third-order valence-corrected chi connectivity index (χ3v) is 4.81. The smallest absolute Gasteiger partial charge is 0.320 e. The van der Waals surface area contributed by atoms with E-state index in [1.807, 2.05) is 21.9 Å². The quantitative estimate of drug-likeness (QED) is 0.833. The maximum atomic E-state index is 12.5. The van der Waals surface area contributed by atoms with Crippen molar-refractivity contribution >= 4 is 6.03 Å². The number of piperazine rings is 1. The van der Waals surface area contributed by atoms with Crippen molar-refractivity contribution in [2.45, 2.75) is 6.42 Å². The van der Waals surface area contributed by atoms with Crippen LogP contribution in [0.3, 0.4) is 0 Å². The monoisotopic (exact) mass is 333 g/mol. The Morgan fingerprint density at radius 3 is 2.42 bits per heavy atom. The van der Waals surface area contributed by atoms with Gasteiger partial charge in [-0.15, -0.1) is 0 Å². The van der Waals surface area contributed by atoms with Crippen molar-refractivity contribution < 1.29 is 14.3 Å². The molecule has 0 radical (unpaired) electrons.